The van der Waals surface area contributed by atoms with Gasteiger partial charge in [0.1, 0.15) is 6.04 Å². The first-order valence-corrected chi connectivity index (χ1v) is 7.14. The average molecular weight is 349 g/mol. The van der Waals surface area contributed by atoms with Crippen molar-refractivity contribution >= 4 is 23.8 Å². The van der Waals surface area contributed by atoms with Gasteiger partial charge in [0.25, 0.3) is 0 Å². The molecule has 0 aromatic rings. The molecule has 0 unspecified atom stereocenters. The Hall–Kier alpha value is -2.24. The van der Waals surface area contributed by atoms with Crippen molar-refractivity contribution < 1.29 is 39.6 Å². The van der Waals surface area contributed by atoms with Gasteiger partial charge in [-0.1, -0.05) is 0 Å². The van der Waals surface area contributed by atoms with Gasteiger partial charge < -0.3 is 36.8 Å². The number of carbonyl (C=O) groups excluding carboxylic acids is 2. The number of carbonyl (C=O) groups is 4. The number of carboxylic acids is 2. The van der Waals surface area contributed by atoms with Gasteiger partial charge in [-0.25, -0.2) is 4.79 Å². The third-order valence-electron chi connectivity index (χ3n) is 3.11. The molecule has 138 valence electrons. The lowest BCUT2D eigenvalue weighted by molar-refractivity contribution is -0.145. The smallest absolute Gasteiger partial charge is 0.328 e. The van der Waals surface area contributed by atoms with Crippen LogP contribution in [-0.2, 0) is 19.2 Å². The molecular formula is C13H23N3O8. The molecule has 5 atom stereocenters. The summed E-state index contributed by atoms with van der Waals surface area (Å²) in [5.41, 5.74) is 5.49. The minimum atomic E-state index is -1.63. The molecule has 0 fully saturated rings. The molecule has 0 aromatic heterocycles. The van der Waals surface area contributed by atoms with Crippen LogP contribution < -0.4 is 16.4 Å². The van der Waals surface area contributed by atoms with Crippen molar-refractivity contribution in [1.29, 1.82) is 0 Å². The number of carboxylic acid groups (broad SMARTS) is 2. The van der Waals surface area contributed by atoms with E-state index in [1.165, 1.54) is 6.92 Å². The highest BCUT2D eigenvalue weighted by Gasteiger charge is 2.32. The maximum atomic E-state index is 12.0. The maximum Gasteiger partial charge on any atom is 0.328 e. The molecule has 0 saturated carbocycles. The van der Waals surface area contributed by atoms with Crippen LogP contribution in [0, 0.1) is 0 Å². The number of hydrogen-bond donors (Lipinski definition) is 7. The van der Waals surface area contributed by atoms with E-state index in [0.29, 0.717) is 0 Å². The van der Waals surface area contributed by atoms with E-state index < -0.39 is 54.1 Å². The number of rotatable bonds is 10. The molecular weight excluding hydrogens is 326 g/mol. The summed E-state index contributed by atoms with van der Waals surface area (Å²) in [7, 11) is 0. The Morgan fingerprint density at radius 3 is 1.75 bits per heavy atom. The van der Waals surface area contributed by atoms with E-state index in [-0.39, 0.29) is 12.8 Å². The van der Waals surface area contributed by atoms with Crippen LogP contribution in [0.5, 0.6) is 0 Å². The number of nitrogens with two attached hydrogens (primary N) is 1. The Bertz CT molecular complexity index is 480. The molecule has 0 aliphatic heterocycles. The Kier molecular flexibility index (Phi) is 8.89. The minimum Gasteiger partial charge on any atom is -0.481 e. The number of aliphatic carboxylic acids is 2. The topological polar surface area (TPSA) is 199 Å². The lowest BCUT2D eigenvalue weighted by Crippen LogP contribution is -2.59. The van der Waals surface area contributed by atoms with Crippen LogP contribution in [0.4, 0.5) is 0 Å². The fraction of sp³-hybridized carbons (Fsp3) is 0.692. The Labute approximate surface area is 137 Å². The van der Waals surface area contributed by atoms with Crippen LogP contribution in [0.2, 0.25) is 0 Å². The van der Waals surface area contributed by atoms with Crippen molar-refractivity contribution in [2.75, 3.05) is 0 Å². The van der Waals surface area contributed by atoms with E-state index in [1.807, 2.05) is 5.32 Å². The monoisotopic (exact) mass is 349 g/mol. The molecule has 0 radical (unpaired) electrons. The second-order valence-electron chi connectivity index (χ2n) is 5.33. The number of amides is 2. The molecule has 0 spiro atoms. The third kappa shape index (κ3) is 7.35. The summed E-state index contributed by atoms with van der Waals surface area (Å²) >= 11 is 0. The van der Waals surface area contributed by atoms with Gasteiger partial charge in [-0.3, -0.25) is 14.4 Å². The first-order chi connectivity index (χ1) is 11.0. The quantitative estimate of drug-likeness (QED) is 0.214. The third-order valence-corrected chi connectivity index (χ3v) is 3.11. The van der Waals surface area contributed by atoms with Crippen molar-refractivity contribution in [2.45, 2.75) is 57.0 Å². The van der Waals surface area contributed by atoms with E-state index in [2.05, 4.69) is 5.32 Å². The standard InChI is InChI=1S/C13H23N3O8/c1-5(17)9(12(22)16-10(6(2)18)13(23)24)15-11(21)7(14)3-4-8(19)20/h5-7,9-10,17-18H,3-4,14H2,1-2H3,(H,15,21)(H,16,22)(H,19,20)(H,23,24)/t5-,6-,7+,9+,10+/m1/s1. The summed E-state index contributed by atoms with van der Waals surface area (Å²) < 4.78 is 0. The fourth-order valence-corrected chi connectivity index (χ4v) is 1.71. The molecule has 0 aliphatic carbocycles. The molecule has 11 nitrogen and oxygen atoms in total. The van der Waals surface area contributed by atoms with Gasteiger partial charge in [0.2, 0.25) is 11.8 Å². The molecule has 24 heavy (non-hydrogen) atoms. The highest BCUT2D eigenvalue weighted by atomic mass is 16.4. The van der Waals surface area contributed by atoms with E-state index in [0.717, 1.165) is 6.92 Å². The highest BCUT2D eigenvalue weighted by molar-refractivity contribution is 5.92. The summed E-state index contributed by atoms with van der Waals surface area (Å²) in [6, 6.07) is -4.37. The Morgan fingerprint density at radius 1 is 0.917 bits per heavy atom. The summed E-state index contributed by atoms with van der Waals surface area (Å²) in [4.78, 5) is 45.3. The van der Waals surface area contributed by atoms with Gasteiger partial charge in [0.05, 0.1) is 18.2 Å². The van der Waals surface area contributed by atoms with Crippen LogP contribution in [0.15, 0.2) is 0 Å². The molecule has 11 heteroatoms. The van der Waals surface area contributed by atoms with Crippen molar-refractivity contribution in [3.8, 4) is 0 Å². The predicted octanol–water partition coefficient (Wildman–Crippen LogP) is -3.01. The zero-order valence-electron chi connectivity index (χ0n) is 13.3. The zero-order valence-corrected chi connectivity index (χ0v) is 13.3. The second kappa shape index (κ2) is 9.80. The van der Waals surface area contributed by atoms with Gasteiger partial charge in [0, 0.05) is 6.42 Å². The van der Waals surface area contributed by atoms with Crippen LogP contribution in [0.25, 0.3) is 0 Å². The molecule has 0 bridgehead atoms. The van der Waals surface area contributed by atoms with E-state index in [9.17, 15) is 29.4 Å². The molecule has 0 heterocycles. The number of aliphatic hydroxyl groups excluding tert-OH is 2. The number of nitrogens with one attached hydrogen (secondary N) is 2. The molecule has 0 rings (SSSR count). The van der Waals surface area contributed by atoms with Crippen molar-refractivity contribution in [2.24, 2.45) is 5.73 Å². The summed E-state index contributed by atoms with van der Waals surface area (Å²) in [5.74, 6) is -4.55. The lowest BCUT2D eigenvalue weighted by Gasteiger charge is -2.25. The van der Waals surface area contributed by atoms with E-state index >= 15 is 0 Å². The second-order valence-corrected chi connectivity index (χ2v) is 5.33. The van der Waals surface area contributed by atoms with Crippen molar-refractivity contribution in [1.82, 2.24) is 10.6 Å². The van der Waals surface area contributed by atoms with E-state index in [1.54, 1.807) is 0 Å². The number of aliphatic hydroxyl groups is 2. The van der Waals surface area contributed by atoms with Gasteiger partial charge in [-0.05, 0) is 20.3 Å². The first-order valence-electron chi connectivity index (χ1n) is 7.14. The average Bonchev–Trinajstić information content (AvgIpc) is 2.45. The largest absolute Gasteiger partial charge is 0.481 e. The zero-order chi connectivity index (χ0) is 19.0. The minimum absolute atomic E-state index is 0.180. The van der Waals surface area contributed by atoms with Crippen LogP contribution in [0.1, 0.15) is 26.7 Å². The Balaban J connectivity index is 4.90. The molecule has 0 aromatic carbocycles. The van der Waals surface area contributed by atoms with Gasteiger partial charge in [-0.2, -0.15) is 0 Å². The van der Waals surface area contributed by atoms with Crippen LogP contribution in [0.3, 0.4) is 0 Å². The maximum absolute atomic E-state index is 12.0. The molecule has 0 aliphatic rings. The lowest BCUT2D eigenvalue weighted by atomic mass is 10.1. The predicted molar refractivity (Wildman–Crippen MR) is 79.7 cm³/mol. The normalized spacial score (nSPS) is 17.0. The van der Waals surface area contributed by atoms with Gasteiger partial charge in [0.15, 0.2) is 6.04 Å². The highest BCUT2D eigenvalue weighted by Crippen LogP contribution is 2.01. The summed E-state index contributed by atoms with van der Waals surface area (Å²) in [6.45, 7) is 2.34. The SMILES string of the molecule is C[C@@H](O)[C@H](NC(=O)[C@@H](NC(=O)[C@@H](N)CCC(=O)O)[C@@H](C)O)C(=O)O. The van der Waals surface area contributed by atoms with Gasteiger partial charge >= 0.3 is 11.9 Å². The van der Waals surface area contributed by atoms with Gasteiger partial charge in [-0.15, -0.1) is 0 Å². The first kappa shape index (κ1) is 21.8. The Morgan fingerprint density at radius 2 is 1.38 bits per heavy atom. The number of hydrogen-bond acceptors (Lipinski definition) is 7. The summed E-state index contributed by atoms with van der Waals surface area (Å²) in [6.07, 6.45) is -3.33. The fourth-order valence-electron chi connectivity index (χ4n) is 1.71. The van der Waals surface area contributed by atoms with Crippen molar-refractivity contribution in [3.05, 3.63) is 0 Å². The van der Waals surface area contributed by atoms with E-state index in [4.69, 9.17) is 15.9 Å². The van der Waals surface area contributed by atoms with Crippen molar-refractivity contribution in [3.63, 3.8) is 0 Å². The van der Waals surface area contributed by atoms with Crippen LogP contribution in [-0.4, -0.2) is 74.5 Å². The summed E-state index contributed by atoms with van der Waals surface area (Å²) in [5, 5.41) is 40.5. The molecule has 2 amide bonds. The molecule has 0 saturated heterocycles. The molecule has 8 N–H and O–H groups in total. The van der Waals surface area contributed by atoms with Crippen LogP contribution >= 0.6 is 0 Å².